The second-order valence-corrected chi connectivity index (χ2v) is 4.60. The van der Waals surface area contributed by atoms with E-state index in [1.165, 1.54) is 0 Å². The van der Waals surface area contributed by atoms with E-state index in [0.717, 1.165) is 11.0 Å². The predicted octanol–water partition coefficient (Wildman–Crippen LogP) is 1.41. The highest BCUT2D eigenvalue weighted by molar-refractivity contribution is 9.10. The summed E-state index contributed by atoms with van der Waals surface area (Å²) in [6, 6.07) is 1.77. The number of hydrogen-bond acceptors (Lipinski definition) is 4. The van der Waals surface area contributed by atoms with E-state index < -0.39 is 6.10 Å². The van der Waals surface area contributed by atoms with Gasteiger partial charge in [-0.05, 0) is 29.0 Å². The Kier molecular flexibility index (Phi) is 3.45. The largest absolute Gasteiger partial charge is 0.465 e. The molecule has 0 amide bonds. The number of halogens is 1. The van der Waals surface area contributed by atoms with Gasteiger partial charge in [0.15, 0.2) is 0 Å². The zero-order valence-corrected chi connectivity index (χ0v) is 10.1. The van der Waals surface area contributed by atoms with Gasteiger partial charge in [-0.15, -0.1) is 0 Å². The fraction of sp³-hybridized carbons (Fsp3) is 0.600. The summed E-state index contributed by atoms with van der Waals surface area (Å²) in [7, 11) is 2.01. The molecule has 2 rings (SSSR count). The Morgan fingerprint density at radius 2 is 2.47 bits per heavy atom. The molecular weight excluding hydrogens is 262 g/mol. The van der Waals surface area contributed by atoms with Crippen LogP contribution in [-0.4, -0.2) is 42.9 Å². The minimum Gasteiger partial charge on any atom is -0.465 e. The Bertz CT molecular complexity index is 328. The minimum absolute atomic E-state index is 0.216. The molecule has 1 fully saturated rings. The standard InChI is InChI=1S/C10H14BrNO3/c1-12-3-5-14-8(6-12)9(13)10-7(11)2-4-15-10/h2,4,8-9,13H,3,5-6H2,1H3. The van der Waals surface area contributed by atoms with Gasteiger partial charge in [-0.25, -0.2) is 0 Å². The molecule has 0 bridgehead atoms. The van der Waals surface area contributed by atoms with E-state index in [4.69, 9.17) is 9.15 Å². The molecule has 1 saturated heterocycles. The van der Waals surface area contributed by atoms with Gasteiger partial charge in [0, 0.05) is 13.1 Å². The van der Waals surface area contributed by atoms with Crippen molar-refractivity contribution in [3.8, 4) is 0 Å². The number of aliphatic hydroxyl groups excluding tert-OH is 1. The molecule has 1 aromatic rings. The summed E-state index contributed by atoms with van der Waals surface area (Å²) in [6.07, 6.45) is 0.623. The van der Waals surface area contributed by atoms with Crippen LogP contribution in [0.2, 0.25) is 0 Å². The molecule has 4 nitrogen and oxygen atoms in total. The van der Waals surface area contributed by atoms with Crippen molar-refractivity contribution in [2.45, 2.75) is 12.2 Å². The molecule has 2 atom stereocenters. The fourth-order valence-corrected chi connectivity index (χ4v) is 2.12. The van der Waals surface area contributed by atoms with Crippen molar-refractivity contribution in [3.63, 3.8) is 0 Å². The monoisotopic (exact) mass is 275 g/mol. The van der Waals surface area contributed by atoms with Crippen LogP contribution in [0.1, 0.15) is 11.9 Å². The Hall–Kier alpha value is -0.360. The number of morpholine rings is 1. The Morgan fingerprint density at radius 1 is 1.67 bits per heavy atom. The molecule has 0 spiro atoms. The van der Waals surface area contributed by atoms with Crippen LogP contribution < -0.4 is 0 Å². The lowest BCUT2D eigenvalue weighted by Crippen LogP contribution is -2.42. The van der Waals surface area contributed by atoms with Gasteiger partial charge in [-0.2, -0.15) is 0 Å². The van der Waals surface area contributed by atoms with Gasteiger partial charge >= 0.3 is 0 Å². The van der Waals surface area contributed by atoms with E-state index in [0.29, 0.717) is 18.9 Å². The molecule has 1 N–H and O–H groups in total. The average molecular weight is 276 g/mol. The highest BCUT2D eigenvalue weighted by Crippen LogP contribution is 2.28. The third kappa shape index (κ3) is 2.42. The summed E-state index contributed by atoms with van der Waals surface area (Å²) in [5, 5.41) is 10.1. The number of likely N-dealkylation sites (N-methyl/N-ethyl adjacent to an activating group) is 1. The van der Waals surface area contributed by atoms with Crippen LogP contribution in [0, 0.1) is 0 Å². The number of nitrogens with zero attached hydrogens (tertiary/aromatic N) is 1. The van der Waals surface area contributed by atoms with E-state index in [9.17, 15) is 5.11 Å². The first-order chi connectivity index (χ1) is 7.18. The number of furan rings is 1. The molecule has 1 aliphatic heterocycles. The quantitative estimate of drug-likeness (QED) is 0.887. The topological polar surface area (TPSA) is 45.8 Å². The third-order valence-electron chi connectivity index (χ3n) is 2.56. The summed E-state index contributed by atoms with van der Waals surface area (Å²) in [5.74, 6) is 0.537. The van der Waals surface area contributed by atoms with E-state index in [2.05, 4.69) is 20.8 Å². The van der Waals surface area contributed by atoms with Gasteiger partial charge in [0.1, 0.15) is 18.0 Å². The Morgan fingerprint density at radius 3 is 3.07 bits per heavy atom. The summed E-state index contributed by atoms with van der Waals surface area (Å²) in [5.41, 5.74) is 0. The number of ether oxygens (including phenoxy) is 1. The lowest BCUT2D eigenvalue weighted by atomic mass is 10.1. The van der Waals surface area contributed by atoms with Gasteiger partial charge in [-0.3, -0.25) is 0 Å². The van der Waals surface area contributed by atoms with E-state index >= 15 is 0 Å². The zero-order valence-electron chi connectivity index (χ0n) is 8.52. The Labute approximate surface area is 96.9 Å². The number of hydrogen-bond donors (Lipinski definition) is 1. The molecule has 0 aliphatic carbocycles. The van der Waals surface area contributed by atoms with Gasteiger partial charge in [0.2, 0.25) is 0 Å². The fourth-order valence-electron chi connectivity index (χ4n) is 1.69. The summed E-state index contributed by atoms with van der Waals surface area (Å²) in [6.45, 7) is 2.27. The Balaban J connectivity index is 2.07. The van der Waals surface area contributed by atoms with Crippen molar-refractivity contribution < 1.29 is 14.3 Å². The van der Waals surface area contributed by atoms with Crippen molar-refractivity contribution in [1.29, 1.82) is 0 Å². The van der Waals surface area contributed by atoms with Gasteiger partial charge in [0.05, 0.1) is 17.3 Å². The second kappa shape index (κ2) is 4.65. The molecular formula is C10H14BrNO3. The zero-order chi connectivity index (χ0) is 10.8. The van der Waals surface area contributed by atoms with Gasteiger partial charge in [0.25, 0.3) is 0 Å². The maximum absolute atomic E-state index is 10.1. The van der Waals surface area contributed by atoms with Crippen molar-refractivity contribution in [2.24, 2.45) is 0 Å². The number of rotatable bonds is 2. The molecule has 1 aliphatic rings. The predicted molar refractivity (Wildman–Crippen MR) is 58.6 cm³/mol. The highest BCUT2D eigenvalue weighted by atomic mass is 79.9. The highest BCUT2D eigenvalue weighted by Gasteiger charge is 2.29. The van der Waals surface area contributed by atoms with Crippen LogP contribution in [0.15, 0.2) is 21.2 Å². The smallest absolute Gasteiger partial charge is 0.149 e. The molecule has 0 aromatic carbocycles. The average Bonchev–Trinajstić information content (AvgIpc) is 2.63. The maximum atomic E-state index is 10.1. The maximum Gasteiger partial charge on any atom is 0.149 e. The summed E-state index contributed by atoms with van der Waals surface area (Å²) in [4.78, 5) is 2.13. The van der Waals surface area contributed by atoms with Gasteiger partial charge < -0.3 is 19.2 Å². The van der Waals surface area contributed by atoms with E-state index in [-0.39, 0.29) is 6.10 Å². The van der Waals surface area contributed by atoms with E-state index in [1.807, 2.05) is 7.05 Å². The molecule has 0 saturated carbocycles. The lowest BCUT2D eigenvalue weighted by molar-refractivity contribution is -0.0905. The van der Waals surface area contributed by atoms with Crippen molar-refractivity contribution >= 4 is 15.9 Å². The lowest BCUT2D eigenvalue weighted by Gasteiger charge is -2.32. The first kappa shape index (κ1) is 11.1. The molecule has 2 heterocycles. The molecule has 84 valence electrons. The van der Waals surface area contributed by atoms with Crippen LogP contribution in [0.4, 0.5) is 0 Å². The van der Waals surface area contributed by atoms with Crippen molar-refractivity contribution in [2.75, 3.05) is 26.7 Å². The normalized spacial score (nSPS) is 25.4. The summed E-state index contributed by atoms with van der Waals surface area (Å²) < 4.78 is 11.5. The minimum atomic E-state index is -0.711. The van der Waals surface area contributed by atoms with Crippen LogP contribution in [-0.2, 0) is 4.74 Å². The molecule has 5 heteroatoms. The first-order valence-corrected chi connectivity index (χ1v) is 5.69. The number of aliphatic hydroxyl groups is 1. The molecule has 0 radical (unpaired) electrons. The first-order valence-electron chi connectivity index (χ1n) is 4.89. The second-order valence-electron chi connectivity index (χ2n) is 3.75. The molecule has 1 aromatic heterocycles. The van der Waals surface area contributed by atoms with Crippen LogP contribution in [0.5, 0.6) is 0 Å². The molecule has 2 unspecified atom stereocenters. The van der Waals surface area contributed by atoms with Crippen molar-refractivity contribution in [1.82, 2.24) is 4.90 Å². The van der Waals surface area contributed by atoms with E-state index in [1.54, 1.807) is 12.3 Å². The SMILES string of the molecule is CN1CCOC(C(O)c2occc2Br)C1. The molecule has 15 heavy (non-hydrogen) atoms. The van der Waals surface area contributed by atoms with Crippen molar-refractivity contribution in [3.05, 3.63) is 22.6 Å². The third-order valence-corrected chi connectivity index (χ3v) is 3.22. The van der Waals surface area contributed by atoms with Crippen LogP contribution in [0.25, 0.3) is 0 Å². The van der Waals surface area contributed by atoms with Crippen LogP contribution in [0.3, 0.4) is 0 Å². The summed E-state index contributed by atoms with van der Waals surface area (Å²) >= 11 is 3.33. The van der Waals surface area contributed by atoms with Crippen LogP contribution >= 0.6 is 15.9 Å². The van der Waals surface area contributed by atoms with Gasteiger partial charge in [-0.1, -0.05) is 0 Å².